The van der Waals surface area contributed by atoms with Gasteiger partial charge in [-0.2, -0.15) is 26.3 Å². The molecule has 1 aliphatic rings. The summed E-state index contributed by atoms with van der Waals surface area (Å²) in [5.74, 6) is -1.56. The lowest BCUT2D eigenvalue weighted by molar-refractivity contribution is -0.376. The summed E-state index contributed by atoms with van der Waals surface area (Å²) in [6.45, 7) is -0.121. The zero-order chi connectivity index (χ0) is 30.2. The van der Waals surface area contributed by atoms with Crippen LogP contribution in [0.3, 0.4) is 0 Å². The van der Waals surface area contributed by atoms with Gasteiger partial charge < -0.3 is 9.84 Å². The van der Waals surface area contributed by atoms with E-state index >= 15 is 0 Å². The van der Waals surface area contributed by atoms with Crippen molar-refractivity contribution < 1.29 is 53.8 Å². The first-order valence-electron chi connectivity index (χ1n) is 12.0. The Bertz CT molecular complexity index is 1490. The Morgan fingerprint density at radius 2 is 1.54 bits per heavy atom. The van der Waals surface area contributed by atoms with Crippen molar-refractivity contribution in [2.45, 2.75) is 54.8 Å². The Hall–Kier alpha value is -3.65. The fourth-order valence-corrected chi connectivity index (χ4v) is 6.29. The molecule has 220 valence electrons. The molecule has 0 aliphatic carbocycles. The number of hydrogen-bond donors (Lipinski definition) is 1. The number of anilines is 1. The minimum absolute atomic E-state index is 0.121. The van der Waals surface area contributed by atoms with E-state index in [-0.39, 0.29) is 30.7 Å². The third-order valence-corrected chi connectivity index (χ3v) is 8.53. The van der Waals surface area contributed by atoms with Crippen LogP contribution in [0.4, 0.5) is 36.4 Å². The molecule has 4 rings (SSSR count). The molecule has 0 aromatic heterocycles. The van der Waals surface area contributed by atoms with Crippen LogP contribution in [-0.2, 0) is 38.2 Å². The van der Waals surface area contributed by atoms with E-state index in [2.05, 4.69) is 0 Å². The first-order valence-corrected chi connectivity index (χ1v) is 13.5. The molecule has 3 aromatic rings. The summed E-state index contributed by atoms with van der Waals surface area (Å²) in [5.41, 5.74) is -6.64. The van der Waals surface area contributed by atoms with Crippen LogP contribution in [0.1, 0.15) is 29.5 Å². The Kier molecular flexibility index (Phi) is 8.11. The van der Waals surface area contributed by atoms with Gasteiger partial charge in [0.15, 0.2) is 0 Å². The number of alkyl halides is 6. The molecule has 14 heteroatoms. The van der Waals surface area contributed by atoms with E-state index in [4.69, 9.17) is 4.74 Å². The van der Waals surface area contributed by atoms with Gasteiger partial charge in [-0.05, 0) is 54.3 Å². The molecular weight excluding hydrogens is 583 g/mol. The lowest BCUT2D eigenvalue weighted by Gasteiger charge is -2.39. The highest BCUT2D eigenvalue weighted by Gasteiger charge is 2.71. The number of fused-ring (bicyclic) bond motifs is 1. The van der Waals surface area contributed by atoms with Crippen LogP contribution >= 0.6 is 0 Å². The Labute approximate surface area is 230 Å². The first kappa shape index (κ1) is 30.3. The lowest BCUT2D eigenvalue weighted by Crippen LogP contribution is -2.54. The molecule has 0 spiro atoms. The normalized spacial score (nSPS) is 16.3. The minimum atomic E-state index is -6.14. The predicted molar refractivity (Wildman–Crippen MR) is 131 cm³/mol. The number of rotatable bonds is 7. The highest BCUT2D eigenvalue weighted by Crippen LogP contribution is 2.51. The van der Waals surface area contributed by atoms with Gasteiger partial charge in [-0.25, -0.2) is 12.8 Å². The van der Waals surface area contributed by atoms with Gasteiger partial charge in [0.1, 0.15) is 12.4 Å². The highest BCUT2D eigenvalue weighted by molar-refractivity contribution is 7.92. The lowest BCUT2D eigenvalue weighted by atomic mass is 9.87. The Morgan fingerprint density at radius 1 is 0.927 bits per heavy atom. The molecule has 41 heavy (non-hydrogen) atoms. The summed E-state index contributed by atoms with van der Waals surface area (Å²) < 4.78 is 128. The number of sulfonamides is 1. The van der Waals surface area contributed by atoms with Crippen molar-refractivity contribution in [2.75, 3.05) is 4.31 Å². The zero-order valence-corrected chi connectivity index (χ0v) is 21.7. The average molecular weight is 606 g/mol. The van der Waals surface area contributed by atoms with E-state index in [1.54, 1.807) is 30.3 Å². The number of carbonyl (C=O) groups excluding carboxylic acids is 1. The van der Waals surface area contributed by atoms with Crippen LogP contribution in [0.5, 0.6) is 0 Å². The van der Waals surface area contributed by atoms with E-state index in [9.17, 15) is 49.1 Å². The number of aryl methyl sites for hydroxylation is 1. The second-order valence-electron chi connectivity index (χ2n) is 9.35. The van der Waals surface area contributed by atoms with Crippen molar-refractivity contribution in [3.8, 4) is 0 Å². The molecule has 0 fully saturated rings. The molecule has 0 saturated heterocycles. The van der Waals surface area contributed by atoms with Crippen LogP contribution in [-0.4, -0.2) is 37.9 Å². The number of ether oxygens (including phenoxy) is 1. The van der Waals surface area contributed by atoms with Crippen LogP contribution in [0, 0.1) is 5.82 Å². The molecule has 3 aromatic carbocycles. The molecule has 0 bridgehead atoms. The summed E-state index contributed by atoms with van der Waals surface area (Å²) in [6.07, 6.45) is -13.2. The molecular formula is C27H22F7NO5S. The largest absolute Gasteiger partial charge is 0.461 e. The van der Waals surface area contributed by atoms with E-state index in [1.165, 1.54) is 0 Å². The van der Waals surface area contributed by atoms with Crippen molar-refractivity contribution in [1.82, 2.24) is 0 Å². The SMILES string of the molecule is O=C(CC1CCc2cc(C(O)(C(F)(F)F)C(F)(F)F)ccc2N1S(=O)(=O)c1ccc(F)cc1)OCc1ccccc1. The van der Waals surface area contributed by atoms with Gasteiger partial charge in [-0.3, -0.25) is 9.10 Å². The summed E-state index contributed by atoms with van der Waals surface area (Å²) in [7, 11) is -4.61. The monoisotopic (exact) mass is 605 g/mol. The minimum Gasteiger partial charge on any atom is -0.461 e. The van der Waals surface area contributed by atoms with Crippen LogP contribution in [0.25, 0.3) is 0 Å². The van der Waals surface area contributed by atoms with Gasteiger partial charge in [0.05, 0.1) is 23.0 Å². The van der Waals surface area contributed by atoms with Gasteiger partial charge in [0.25, 0.3) is 15.6 Å². The van der Waals surface area contributed by atoms with Crippen molar-refractivity contribution >= 4 is 21.7 Å². The van der Waals surface area contributed by atoms with Gasteiger partial charge in [-0.1, -0.05) is 42.5 Å². The van der Waals surface area contributed by atoms with E-state index < -0.39 is 62.7 Å². The molecule has 0 amide bonds. The summed E-state index contributed by atoms with van der Waals surface area (Å²) in [5, 5.41) is 9.83. The number of hydrogen-bond acceptors (Lipinski definition) is 5. The van der Waals surface area contributed by atoms with Crippen molar-refractivity contribution in [3.63, 3.8) is 0 Å². The number of aliphatic hydroxyl groups is 1. The molecule has 1 heterocycles. The maximum absolute atomic E-state index is 13.7. The Balaban J connectivity index is 1.74. The van der Waals surface area contributed by atoms with Crippen molar-refractivity contribution in [3.05, 3.63) is 95.3 Å². The quantitative estimate of drug-likeness (QED) is 0.273. The van der Waals surface area contributed by atoms with E-state index in [0.29, 0.717) is 22.0 Å². The predicted octanol–water partition coefficient (Wildman–Crippen LogP) is 5.78. The van der Waals surface area contributed by atoms with Crippen LogP contribution in [0.15, 0.2) is 77.7 Å². The van der Waals surface area contributed by atoms with Crippen LogP contribution < -0.4 is 4.31 Å². The molecule has 0 saturated carbocycles. The summed E-state index contributed by atoms with van der Waals surface area (Å²) in [4.78, 5) is 12.3. The zero-order valence-electron chi connectivity index (χ0n) is 20.9. The smallest absolute Gasteiger partial charge is 0.430 e. The first-order chi connectivity index (χ1) is 19.1. The fraction of sp³-hybridized carbons (Fsp3) is 0.296. The standard InChI is InChI=1S/C27H22F7NO5S/c28-20-8-11-22(12-9-20)41(38,39)35-21(15-24(36)40-16-17-4-2-1-3-5-17)10-6-18-14-19(7-13-23(18)35)25(37,26(29,30)31)27(32,33)34/h1-5,7-9,11-14,21,37H,6,10,15-16H2. The maximum atomic E-state index is 13.7. The van der Waals surface area contributed by atoms with Crippen LogP contribution in [0.2, 0.25) is 0 Å². The van der Waals surface area contributed by atoms with Gasteiger partial charge in [0, 0.05) is 5.56 Å². The summed E-state index contributed by atoms with van der Waals surface area (Å²) in [6, 6.07) is 12.5. The number of esters is 1. The molecule has 6 nitrogen and oxygen atoms in total. The number of benzene rings is 3. The Morgan fingerprint density at radius 3 is 2.12 bits per heavy atom. The highest BCUT2D eigenvalue weighted by atomic mass is 32.2. The number of halogens is 7. The number of nitrogens with zero attached hydrogens (tertiary/aromatic N) is 1. The van der Waals surface area contributed by atoms with Crippen molar-refractivity contribution in [2.24, 2.45) is 0 Å². The average Bonchev–Trinajstić information content (AvgIpc) is 2.90. The van der Waals surface area contributed by atoms with Gasteiger partial charge in [0.2, 0.25) is 0 Å². The second kappa shape index (κ2) is 11.0. The molecule has 1 unspecified atom stereocenters. The van der Waals surface area contributed by atoms with Gasteiger partial charge >= 0.3 is 18.3 Å². The molecule has 1 atom stereocenters. The van der Waals surface area contributed by atoms with E-state index in [1.807, 2.05) is 0 Å². The second-order valence-corrected chi connectivity index (χ2v) is 11.2. The van der Waals surface area contributed by atoms with Gasteiger partial charge in [-0.15, -0.1) is 0 Å². The topological polar surface area (TPSA) is 83.9 Å². The van der Waals surface area contributed by atoms with Crippen molar-refractivity contribution in [1.29, 1.82) is 0 Å². The molecule has 1 N–H and O–H groups in total. The maximum Gasteiger partial charge on any atom is 0.430 e. The summed E-state index contributed by atoms with van der Waals surface area (Å²) >= 11 is 0. The third kappa shape index (κ3) is 5.89. The third-order valence-electron chi connectivity index (χ3n) is 6.65. The molecule has 1 aliphatic heterocycles. The fourth-order valence-electron chi connectivity index (χ4n) is 4.57. The van der Waals surface area contributed by atoms with E-state index in [0.717, 1.165) is 30.3 Å². The molecule has 0 radical (unpaired) electrons. The number of carbonyl (C=O) groups is 1.